The fourth-order valence-corrected chi connectivity index (χ4v) is 12.2. The molecule has 0 aliphatic rings. The van der Waals surface area contributed by atoms with Crippen molar-refractivity contribution < 1.29 is 22.4 Å². The zero-order chi connectivity index (χ0) is 17.3. The van der Waals surface area contributed by atoms with Crippen LogP contribution in [0.4, 0.5) is 13.2 Å². The van der Waals surface area contributed by atoms with E-state index in [1.54, 1.807) is 62.3 Å². The van der Waals surface area contributed by atoms with Gasteiger partial charge >= 0.3 is 132 Å². The van der Waals surface area contributed by atoms with E-state index in [0.29, 0.717) is 0 Å². The Morgan fingerprint density at radius 3 is 1.00 bits per heavy atom. The number of hydrogen-bond acceptors (Lipinski definition) is 3. The first kappa shape index (κ1) is 21.5. The van der Waals surface area contributed by atoms with E-state index in [4.69, 9.17) is 9.22 Å². The average molecular weight is 421 g/mol. The second-order valence-electron chi connectivity index (χ2n) is 8.12. The van der Waals surface area contributed by atoms with Crippen LogP contribution in [-0.2, 0) is 9.22 Å². The van der Waals surface area contributed by atoms with Crippen molar-refractivity contribution in [3.8, 4) is 0 Å². The van der Waals surface area contributed by atoms with Crippen LogP contribution < -0.4 is 0 Å². The molecular formula is C14H29F3O3Sn. The summed E-state index contributed by atoms with van der Waals surface area (Å²) in [5, 5.41) is 0. The van der Waals surface area contributed by atoms with E-state index >= 15 is 0 Å². The first-order valence-electron chi connectivity index (χ1n) is 7.00. The molecule has 0 aliphatic carbocycles. The molecule has 0 aromatic heterocycles. The summed E-state index contributed by atoms with van der Waals surface area (Å²) in [6.07, 6.45) is -4.39. The summed E-state index contributed by atoms with van der Waals surface area (Å²) in [4.78, 5) is 0. The zero-order valence-electron chi connectivity index (χ0n) is 14.6. The number of hydrogen-bond donors (Lipinski definition) is 0. The molecule has 0 bridgehead atoms. The van der Waals surface area contributed by atoms with Crippen molar-refractivity contribution in [2.75, 3.05) is 0 Å². The molecule has 7 heteroatoms. The molecule has 0 radical (unpaired) electrons. The van der Waals surface area contributed by atoms with Gasteiger partial charge in [-0.05, 0) is 0 Å². The molecule has 3 nitrogen and oxygen atoms in total. The summed E-state index contributed by atoms with van der Waals surface area (Å²) < 4.78 is 55.5. The molecule has 0 saturated carbocycles. The predicted octanol–water partition coefficient (Wildman–Crippen LogP) is 4.93. The average Bonchev–Trinajstić information content (AvgIpc) is 1.83. The zero-order valence-corrected chi connectivity index (χ0v) is 17.4. The van der Waals surface area contributed by atoms with Gasteiger partial charge < -0.3 is 0 Å². The molecule has 0 aromatic carbocycles. The van der Waals surface area contributed by atoms with E-state index in [2.05, 4.69) is 0 Å². The van der Waals surface area contributed by atoms with Crippen molar-refractivity contribution in [2.45, 2.75) is 89.7 Å². The molecule has 128 valence electrons. The molecule has 0 aliphatic heterocycles. The normalized spacial score (nSPS) is 15.4. The van der Waals surface area contributed by atoms with Gasteiger partial charge in [0.05, 0.1) is 0 Å². The fraction of sp³-hybridized carbons (Fsp3) is 1.00. The van der Waals surface area contributed by atoms with Gasteiger partial charge in [-0.25, -0.2) is 0 Å². The van der Waals surface area contributed by atoms with Crippen molar-refractivity contribution in [3.05, 3.63) is 0 Å². The molecular weight excluding hydrogens is 392 g/mol. The monoisotopic (exact) mass is 422 g/mol. The molecule has 0 aromatic rings. The van der Waals surface area contributed by atoms with Gasteiger partial charge in [-0.2, -0.15) is 0 Å². The molecule has 0 spiro atoms. The van der Waals surface area contributed by atoms with Gasteiger partial charge in [-0.1, -0.05) is 0 Å². The standard InChI is InChI=1S/3C4H9O.C2H2F3.Sn/c3*1-4(2,3)5;1-2(3,4)5;/h3*1-3H3;1H2;/q3*-1;;+3. The fourth-order valence-electron chi connectivity index (χ4n) is 1.82. The third kappa shape index (κ3) is 11.7. The Kier molecular flexibility index (Phi) is 6.68. The van der Waals surface area contributed by atoms with Crippen LogP contribution in [0, 0.1) is 0 Å². The molecule has 0 atom stereocenters. The molecule has 0 N–H and O–H groups in total. The first-order valence-corrected chi connectivity index (χ1v) is 12.5. The summed E-state index contributed by atoms with van der Waals surface area (Å²) in [6, 6.07) is 0. The van der Waals surface area contributed by atoms with Crippen LogP contribution in [-0.4, -0.2) is 42.6 Å². The number of rotatable bonds is 4. The first-order chi connectivity index (χ1) is 8.83. The van der Waals surface area contributed by atoms with Crippen molar-refractivity contribution in [1.82, 2.24) is 0 Å². The number of alkyl halides is 3. The Bertz CT molecular complexity index is 266. The molecule has 21 heavy (non-hydrogen) atoms. The Morgan fingerprint density at radius 2 is 0.857 bits per heavy atom. The molecule has 0 heterocycles. The number of halogens is 3. The van der Waals surface area contributed by atoms with Gasteiger partial charge in [0, 0.05) is 0 Å². The van der Waals surface area contributed by atoms with Crippen molar-refractivity contribution in [2.24, 2.45) is 0 Å². The second kappa shape index (κ2) is 6.53. The summed E-state index contributed by atoms with van der Waals surface area (Å²) in [7, 11) is 0. The van der Waals surface area contributed by atoms with E-state index in [1.807, 2.05) is 0 Å². The molecule has 0 fully saturated rings. The Hall–Kier alpha value is 0.469. The van der Waals surface area contributed by atoms with Crippen molar-refractivity contribution in [3.63, 3.8) is 0 Å². The maximum atomic E-state index is 13.1. The summed E-state index contributed by atoms with van der Waals surface area (Å²) in [5.74, 6) is 0. The van der Waals surface area contributed by atoms with Crippen molar-refractivity contribution >= 4 is 19.6 Å². The topological polar surface area (TPSA) is 27.7 Å². The van der Waals surface area contributed by atoms with Crippen LogP contribution in [0.3, 0.4) is 0 Å². The van der Waals surface area contributed by atoms with Gasteiger partial charge in [-0.3, -0.25) is 0 Å². The molecule has 0 amide bonds. The minimum atomic E-state index is -4.87. The van der Waals surface area contributed by atoms with E-state index in [0.717, 1.165) is 0 Å². The van der Waals surface area contributed by atoms with Crippen LogP contribution in [0.5, 0.6) is 0 Å². The molecule has 0 saturated heterocycles. The summed E-state index contributed by atoms with van der Waals surface area (Å²) >= 11 is -4.87. The molecule has 0 unspecified atom stereocenters. The van der Waals surface area contributed by atoms with Crippen LogP contribution in [0.15, 0.2) is 0 Å². The quantitative estimate of drug-likeness (QED) is 0.603. The minimum absolute atomic E-state index is 0.766. The van der Waals surface area contributed by atoms with Crippen LogP contribution in [0.25, 0.3) is 0 Å². The Balaban J connectivity index is 5.70. The Labute approximate surface area is 132 Å². The third-order valence-electron chi connectivity index (χ3n) is 1.80. The van der Waals surface area contributed by atoms with E-state index in [1.165, 1.54) is 0 Å². The van der Waals surface area contributed by atoms with E-state index < -0.39 is 47.0 Å². The SMILES string of the molecule is CC(C)(C)[O][Sn]([CH2]C(F)(F)F)([O]C(C)(C)C)[O]C(C)(C)C. The van der Waals surface area contributed by atoms with Gasteiger partial charge in [0.1, 0.15) is 0 Å². The van der Waals surface area contributed by atoms with Crippen LogP contribution in [0.1, 0.15) is 62.3 Å². The predicted molar refractivity (Wildman–Crippen MR) is 79.1 cm³/mol. The van der Waals surface area contributed by atoms with Gasteiger partial charge in [0.2, 0.25) is 0 Å². The van der Waals surface area contributed by atoms with Gasteiger partial charge in [0.25, 0.3) is 0 Å². The van der Waals surface area contributed by atoms with E-state index in [-0.39, 0.29) is 0 Å². The van der Waals surface area contributed by atoms with Crippen LogP contribution in [0.2, 0.25) is 4.44 Å². The third-order valence-corrected chi connectivity index (χ3v) is 12.1. The summed E-state index contributed by atoms with van der Waals surface area (Å²) in [6.45, 7) is 15.4. The van der Waals surface area contributed by atoms with E-state index in [9.17, 15) is 13.2 Å². The van der Waals surface area contributed by atoms with Crippen molar-refractivity contribution in [1.29, 1.82) is 0 Å². The molecule has 0 rings (SSSR count). The van der Waals surface area contributed by atoms with Gasteiger partial charge in [0.15, 0.2) is 0 Å². The van der Waals surface area contributed by atoms with Gasteiger partial charge in [-0.15, -0.1) is 0 Å². The van der Waals surface area contributed by atoms with Crippen LogP contribution >= 0.6 is 0 Å². The Morgan fingerprint density at radius 1 is 0.619 bits per heavy atom. The maximum absolute atomic E-state index is 13.1. The second-order valence-corrected chi connectivity index (χ2v) is 14.8. The summed E-state index contributed by atoms with van der Waals surface area (Å²) in [5.41, 5.74) is -2.30.